The number of anilines is 1. The van der Waals surface area contributed by atoms with Gasteiger partial charge in [-0.1, -0.05) is 33.6 Å². The maximum Gasteiger partial charge on any atom is 0.274 e. The molecule has 5 heteroatoms. The topological polar surface area (TPSA) is 83.8 Å². The Balaban J connectivity index is 2.07. The summed E-state index contributed by atoms with van der Waals surface area (Å²) in [7, 11) is 0. The van der Waals surface area contributed by atoms with E-state index in [9.17, 15) is 4.79 Å². The quantitative estimate of drug-likeness (QED) is 0.791. The van der Waals surface area contributed by atoms with Gasteiger partial charge in [0.25, 0.3) is 5.91 Å². The van der Waals surface area contributed by atoms with E-state index in [0.29, 0.717) is 23.2 Å². The molecule has 0 aromatic carbocycles. The molecule has 2 unspecified atom stereocenters. The summed E-state index contributed by atoms with van der Waals surface area (Å²) in [4.78, 5) is 12.4. The average molecular weight is 278 g/mol. The van der Waals surface area contributed by atoms with Crippen LogP contribution in [-0.4, -0.2) is 22.1 Å². The molecule has 0 saturated heterocycles. The van der Waals surface area contributed by atoms with E-state index in [-0.39, 0.29) is 11.9 Å². The van der Waals surface area contributed by atoms with Crippen LogP contribution in [0.3, 0.4) is 0 Å². The number of rotatable bonds is 4. The Morgan fingerprint density at radius 2 is 2.15 bits per heavy atom. The summed E-state index contributed by atoms with van der Waals surface area (Å²) in [5.74, 6) is 0.998. The molecule has 112 valence electrons. The Morgan fingerprint density at radius 3 is 2.75 bits per heavy atom. The van der Waals surface area contributed by atoms with Crippen molar-refractivity contribution in [2.45, 2.75) is 58.9 Å². The van der Waals surface area contributed by atoms with E-state index in [1.165, 1.54) is 19.3 Å². The van der Waals surface area contributed by atoms with Gasteiger partial charge in [-0.15, -0.1) is 0 Å². The van der Waals surface area contributed by atoms with Gasteiger partial charge in [-0.05, 0) is 31.1 Å². The highest BCUT2D eigenvalue weighted by Crippen LogP contribution is 2.30. The SMILES string of the molecule is CCc1[nH]nc(C(=O)NC2CCCCC2C(C)C)c1N. The second-order valence-electron chi connectivity index (χ2n) is 6.09. The molecule has 1 aromatic heterocycles. The fourth-order valence-corrected chi connectivity index (χ4v) is 3.20. The van der Waals surface area contributed by atoms with Gasteiger partial charge in [0.2, 0.25) is 0 Å². The molecule has 0 spiro atoms. The van der Waals surface area contributed by atoms with Crippen molar-refractivity contribution in [2.24, 2.45) is 11.8 Å². The van der Waals surface area contributed by atoms with Gasteiger partial charge < -0.3 is 11.1 Å². The van der Waals surface area contributed by atoms with Gasteiger partial charge in [-0.3, -0.25) is 9.89 Å². The van der Waals surface area contributed by atoms with Gasteiger partial charge in [0.1, 0.15) is 0 Å². The minimum atomic E-state index is -0.143. The number of hydrogen-bond donors (Lipinski definition) is 3. The average Bonchev–Trinajstić information content (AvgIpc) is 2.80. The van der Waals surface area contributed by atoms with Crippen molar-refractivity contribution in [1.29, 1.82) is 0 Å². The van der Waals surface area contributed by atoms with Crippen LogP contribution in [0, 0.1) is 11.8 Å². The Morgan fingerprint density at radius 1 is 1.45 bits per heavy atom. The number of nitrogen functional groups attached to an aromatic ring is 1. The molecule has 1 fully saturated rings. The van der Waals surface area contributed by atoms with Crippen molar-refractivity contribution in [3.8, 4) is 0 Å². The number of carbonyl (C=O) groups is 1. The summed E-state index contributed by atoms with van der Waals surface area (Å²) in [5.41, 5.74) is 7.62. The molecule has 5 nitrogen and oxygen atoms in total. The molecule has 20 heavy (non-hydrogen) atoms. The molecule has 2 atom stereocenters. The van der Waals surface area contributed by atoms with Crippen LogP contribution in [0.5, 0.6) is 0 Å². The number of aromatic nitrogens is 2. The number of nitrogens with one attached hydrogen (secondary N) is 2. The van der Waals surface area contributed by atoms with Gasteiger partial charge in [-0.2, -0.15) is 5.10 Å². The van der Waals surface area contributed by atoms with Crippen LogP contribution in [0.2, 0.25) is 0 Å². The third kappa shape index (κ3) is 2.97. The number of hydrogen-bond acceptors (Lipinski definition) is 3. The normalized spacial score (nSPS) is 23.0. The zero-order valence-corrected chi connectivity index (χ0v) is 12.7. The predicted octanol–water partition coefficient (Wildman–Crippen LogP) is 2.50. The second-order valence-corrected chi connectivity index (χ2v) is 6.09. The van der Waals surface area contributed by atoms with Crippen LogP contribution < -0.4 is 11.1 Å². The second kappa shape index (κ2) is 6.29. The van der Waals surface area contributed by atoms with E-state index in [1.807, 2.05) is 6.92 Å². The zero-order valence-electron chi connectivity index (χ0n) is 12.7. The Hall–Kier alpha value is -1.52. The first-order valence-electron chi connectivity index (χ1n) is 7.68. The van der Waals surface area contributed by atoms with E-state index in [2.05, 4.69) is 29.4 Å². The van der Waals surface area contributed by atoms with Crippen LogP contribution in [0.4, 0.5) is 5.69 Å². The molecular formula is C15H26N4O. The van der Waals surface area contributed by atoms with Crippen LogP contribution in [0.15, 0.2) is 0 Å². The van der Waals surface area contributed by atoms with Crippen molar-refractivity contribution < 1.29 is 4.79 Å². The highest BCUT2D eigenvalue weighted by atomic mass is 16.2. The molecule has 1 aliphatic carbocycles. The first-order chi connectivity index (χ1) is 9.54. The lowest BCUT2D eigenvalue weighted by atomic mass is 9.78. The molecule has 1 aliphatic rings. The summed E-state index contributed by atoms with van der Waals surface area (Å²) < 4.78 is 0. The van der Waals surface area contributed by atoms with Crippen LogP contribution >= 0.6 is 0 Å². The highest BCUT2D eigenvalue weighted by Gasteiger charge is 2.30. The largest absolute Gasteiger partial charge is 0.395 e. The third-order valence-electron chi connectivity index (χ3n) is 4.44. The minimum absolute atomic E-state index is 0.143. The standard InChI is InChI=1S/C15H26N4O/c1-4-11-13(16)14(19-18-11)15(20)17-12-8-6-5-7-10(12)9(2)3/h9-10,12H,4-8,16H2,1-3H3,(H,17,20)(H,18,19). The molecule has 0 aliphatic heterocycles. The van der Waals surface area contributed by atoms with E-state index in [0.717, 1.165) is 18.5 Å². The molecule has 4 N–H and O–H groups in total. The van der Waals surface area contributed by atoms with Crippen LogP contribution in [-0.2, 0) is 6.42 Å². The maximum absolute atomic E-state index is 12.4. The number of aromatic amines is 1. The van der Waals surface area contributed by atoms with Crippen molar-refractivity contribution in [2.75, 3.05) is 5.73 Å². The molecule has 0 radical (unpaired) electrons. The van der Waals surface area contributed by atoms with Gasteiger partial charge in [-0.25, -0.2) is 0 Å². The Labute approximate surface area is 120 Å². The Bertz CT molecular complexity index is 466. The fraction of sp³-hybridized carbons (Fsp3) is 0.733. The van der Waals surface area contributed by atoms with Crippen molar-refractivity contribution >= 4 is 11.6 Å². The lowest BCUT2D eigenvalue weighted by Crippen LogP contribution is -2.44. The lowest BCUT2D eigenvalue weighted by molar-refractivity contribution is 0.0885. The first kappa shape index (κ1) is 14.9. The maximum atomic E-state index is 12.4. The van der Waals surface area contributed by atoms with E-state index in [1.54, 1.807) is 0 Å². The summed E-state index contributed by atoms with van der Waals surface area (Å²) >= 11 is 0. The van der Waals surface area contributed by atoms with Gasteiger partial charge >= 0.3 is 0 Å². The van der Waals surface area contributed by atoms with E-state index in [4.69, 9.17) is 5.73 Å². The van der Waals surface area contributed by atoms with Crippen LogP contribution in [0.25, 0.3) is 0 Å². The summed E-state index contributed by atoms with van der Waals surface area (Å²) in [6, 6.07) is 0.248. The number of nitrogens with zero attached hydrogens (tertiary/aromatic N) is 1. The van der Waals surface area contributed by atoms with E-state index < -0.39 is 0 Å². The molecule has 1 heterocycles. The molecule has 1 amide bonds. The van der Waals surface area contributed by atoms with Gasteiger partial charge in [0.05, 0.1) is 11.4 Å². The van der Waals surface area contributed by atoms with Crippen LogP contribution in [0.1, 0.15) is 62.6 Å². The van der Waals surface area contributed by atoms with Gasteiger partial charge in [0.15, 0.2) is 5.69 Å². The summed E-state index contributed by atoms with van der Waals surface area (Å²) in [6.45, 7) is 6.45. The fourth-order valence-electron chi connectivity index (χ4n) is 3.20. The molecule has 0 bridgehead atoms. The number of aryl methyl sites for hydroxylation is 1. The summed E-state index contributed by atoms with van der Waals surface area (Å²) in [6.07, 6.45) is 5.45. The molecular weight excluding hydrogens is 252 g/mol. The smallest absolute Gasteiger partial charge is 0.274 e. The lowest BCUT2D eigenvalue weighted by Gasteiger charge is -2.34. The number of H-pyrrole nitrogens is 1. The van der Waals surface area contributed by atoms with E-state index >= 15 is 0 Å². The van der Waals surface area contributed by atoms with Crippen molar-refractivity contribution in [1.82, 2.24) is 15.5 Å². The van der Waals surface area contributed by atoms with Crippen molar-refractivity contribution in [3.63, 3.8) is 0 Å². The van der Waals surface area contributed by atoms with Crippen molar-refractivity contribution in [3.05, 3.63) is 11.4 Å². The monoisotopic (exact) mass is 278 g/mol. The number of nitrogens with two attached hydrogens (primary N) is 1. The number of carbonyl (C=O) groups excluding carboxylic acids is 1. The molecule has 1 saturated carbocycles. The summed E-state index contributed by atoms with van der Waals surface area (Å²) in [5, 5.41) is 10.0. The molecule has 1 aromatic rings. The zero-order chi connectivity index (χ0) is 14.7. The first-order valence-corrected chi connectivity index (χ1v) is 7.68. The third-order valence-corrected chi connectivity index (χ3v) is 4.44. The predicted molar refractivity (Wildman–Crippen MR) is 80.4 cm³/mol. The highest BCUT2D eigenvalue weighted by molar-refractivity contribution is 5.97. The number of amides is 1. The van der Waals surface area contributed by atoms with Gasteiger partial charge in [0, 0.05) is 6.04 Å². The Kier molecular flexibility index (Phi) is 4.68. The molecule has 2 rings (SSSR count). The minimum Gasteiger partial charge on any atom is -0.395 e.